The van der Waals surface area contributed by atoms with E-state index in [1.165, 1.54) is 5.69 Å². The third-order valence-corrected chi connectivity index (χ3v) is 4.31. The molecule has 112 valence electrons. The zero-order chi connectivity index (χ0) is 15.0. The molecule has 0 fully saturated rings. The molecule has 2 aromatic heterocycles. The van der Waals surface area contributed by atoms with Gasteiger partial charge in [-0.1, -0.05) is 0 Å². The van der Waals surface area contributed by atoms with E-state index in [2.05, 4.69) is 15.5 Å². The van der Waals surface area contributed by atoms with Gasteiger partial charge in [-0.05, 0) is 39.2 Å². The second-order valence-corrected chi connectivity index (χ2v) is 5.72. The maximum absolute atomic E-state index is 12.5. The van der Waals surface area contributed by atoms with Crippen molar-refractivity contribution in [2.45, 2.75) is 45.2 Å². The highest BCUT2D eigenvalue weighted by Gasteiger charge is 2.27. The minimum absolute atomic E-state index is 0.00324. The van der Waals surface area contributed by atoms with E-state index in [0.717, 1.165) is 30.5 Å². The van der Waals surface area contributed by atoms with Crippen molar-refractivity contribution in [1.29, 1.82) is 0 Å². The zero-order valence-electron chi connectivity index (χ0n) is 12.7. The molecule has 0 aromatic carbocycles. The van der Waals surface area contributed by atoms with Crippen LogP contribution in [0.1, 0.15) is 48.8 Å². The molecule has 0 saturated heterocycles. The predicted octanol–water partition coefficient (Wildman–Crippen LogP) is 1.68. The molecule has 0 radical (unpaired) electrons. The fourth-order valence-corrected chi connectivity index (χ4v) is 3.05. The van der Waals surface area contributed by atoms with Gasteiger partial charge in [0.1, 0.15) is 6.04 Å². The summed E-state index contributed by atoms with van der Waals surface area (Å²) in [6.07, 6.45) is 6.68. The lowest BCUT2D eigenvalue weighted by Gasteiger charge is -2.25. The second kappa shape index (κ2) is 5.35. The predicted molar refractivity (Wildman–Crippen MR) is 78.7 cm³/mol. The van der Waals surface area contributed by atoms with E-state index in [1.54, 1.807) is 10.9 Å². The van der Waals surface area contributed by atoms with Gasteiger partial charge >= 0.3 is 0 Å². The van der Waals surface area contributed by atoms with E-state index >= 15 is 0 Å². The van der Waals surface area contributed by atoms with Crippen LogP contribution in [-0.2, 0) is 18.3 Å². The number of hydrogen-bond donors (Lipinski definition) is 1. The van der Waals surface area contributed by atoms with Crippen LogP contribution in [0.25, 0.3) is 0 Å². The number of nitrogens with zero attached hydrogens (tertiary/aromatic N) is 4. The minimum Gasteiger partial charge on any atom is -0.347 e. The number of amides is 1. The van der Waals surface area contributed by atoms with Crippen molar-refractivity contribution in [3.8, 4) is 0 Å². The number of fused-ring (bicyclic) bond motifs is 1. The molecule has 6 nitrogen and oxygen atoms in total. The SMILES string of the molecule is Cc1ccnn1[C@@H](C)C(=O)N[C@@H]1CCCc2c1cnn2C. The largest absolute Gasteiger partial charge is 0.347 e. The number of carbonyl (C=O) groups excluding carboxylic acids is 1. The van der Waals surface area contributed by atoms with Gasteiger partial charge in [-0.3, -0.25) is 14.2 Å². The summed E-state index contributed by atoms with van der Waals surface area (Å²) in [7, 11) is 1.96. The first-order valence-corrected chi connectivity index (χ1v) is 7.39. The summed E-state index contributed by atoms with van der Waals surface area (Å²) in [4.78, 5) is 12.5. The van der Waals surface area contributed by atoms with Crippen LogP contribution in [0.4, 0.5) is 0 Å². The lowest BCUT2D eigenvalue weighted by molar-refractivity contribution is -0.125. The first-order valence-electron chi connectivity index (χ1n) is 7.39. The monoisotopic (exact) mass is 287 g/mol. The van der Waals surface area contributed by atoms with Gasteiger partial charge in [0.2, 0.25) is 5.91 Å². The average Bonchev–Trinajstić information content (AvgIpc) is 3.06. The number of aryl methyl sites for hydroxylation is 2. The maximum Gasteiger partial charge on any atom is 0.245 e. The molecule has 0 saturated carbocycles. The topological polar surface area (TPSA) is 64.7 Å². The Morgan fingerprint density at radius 3 is 3.00 bits per heavy atom. The molecule has 2 aromatic rings. The van der Waals surface area contributed by atoms with Crippen molar-refractivity contribution < 1.29 is 4.79 Å². The van der Waals surface area contributed by atoms with Crippen molar-refractivity contribution in [2.75, 3.05) is 0 Å². The third kappa shape index (κ3) is 2.46. The van der Waals surface area contributed by atoms with Crippen molar-refractivity contribution in [3.05, 3.63) is 35.4 Å². The van der Waals surface area contributed by atoms with Crippen LogP contribution in [0.5, 0.6) is 0 Å². The molecule has 0 bridgehead atoms. The summed E-state index contributed by atoms with van der Waals surface area (Å²) in [6, 6.07) is 1.67. The van der Waals surface area contributed by atoms with E-state index in [1.807, 2.05) is 37.8 Å². The van der Waals surface area contributed by atoms with Crippen LogP contribution in [-0.4, -0.2) is 25.5 Å². The summed E-state index contributed by atoms with van der Waals surface area (Å²) in [5.41, 5.74) is 3.37. The Bertz CT molecular complexity index is 657. The lowest BCUT2D eigenvalue weighted by atomic mass is 9.93. The van der Waals surface area contributed by atoms with E-state index in [-0.39, 0.29) is 18.0 Å². The normalized spacial score (nSPS) is 19.1. The van der Waals surface area contributed by atoms with E-state index in [9.17, 15) is 4.79 Å². The highest BCUT2D eigenvalue weighted by atomic mass is 16.2. The molecule has 1 N–H and O–H groups in total. The van der Waals surface area contributed by atoms with Crippen molar-refractivity contribution in [2.24, 2.45) is 7.05 Å². The summed E-state index contributed by atoms with van der Waals surface area (Å²) < 4.78 is 3.66. The molecule has 2 heterocycles. The van der Waals surface area contributed by atoms with Gasteiger partial charge < -0.3 is 5.32 Å². The zero-order valence-corrected chi connectivity index (χ0v) is 12.7. The van der Waals surface area contributed by atoms with Gasteiger partial charge in [0.15, 0.2) is 0 Å². The van der Waals surface area contributed by atoms with E-state index < -0.39 is 0 Å². The molecule has 3 rings (SSSR count). The van der Waals surface area contributed by atoms with Crippen LogP contribution >= 0.6 is 0 Å². The molecule has 6 heteroatoms. The summed E-state index contributed by atoms with van der Waals surface area (Å²) in [5, 5.41) is 11.7. The maximum atomic E-state index is 12.5. The van der Waals surface area contributed by atoms with Gasteiger partial charge in [0.05, 0.1) is 12.2 Å². The third-order valence-electron chi connectivity index (χ3n) is 4.31. The van der Waals surface area contributed by atoms with Crippen LogP contribution in [0.3, 0.4) is 0 Å². The minimum atomic E-state index is -0.304. The van der Waals surface area contributed by atoms with E-state index in [0.29, 0.717) is 0 Å². The van der Waals surface area contributed by atoms with Gasteiger partial charge in [-0.2, -0.15) is 10.2 Å². The van der Waals surface area contributed by atoms with Gasteiger partial charge in [-0.15, -0.1) is 0 Å². The van der Waals surface area contributed by atoms with E-state index in [4.69, 9.17) is 0 Å². The number of carbonyl (C=O) groups is 1. The van der Waals surface area contributed by atoms with Gasteiger partial charge in [0.25, 0.3) is 0 Å². The Labute approximate surface area is 124 Å². The number of aromatic nitrogens is 4. The van der Waals surface area contributed by atoms with Crippen LogP contribution < -0.4 is 5.32 Å². The summed E-state index contributed by atoms with van der Waals surface area (Å²) in [6.45, 7) is 3.83. The number of rotatable bonds is 3. The van der Waals surface area contributed by atoms with Crippen LogP contribution in [0, 0.1) is 6.92 Å². The highest BCUT2D eigenvalue weighted by Crippen LogP contribution is 2.29. The van der Waals surface area contributed by atoms with Gasteiger partial charge in [-0.25, -0.2) is 0 Å². The van der Waals surface area contributed by atoms with Crippen molar-refractivity contribution in [1.82, 2.24) is 24.9 Å². The number of hydrogen-bond acceptors (Lipinski definition) is 3. The molecular formula is C15H21N5O. The standard InChI is InChI=1S/C15H21N5O/c1-10-7-8-16-20(10)11(2)15(21)18-13-5-4-6-14-12(13)9-17-19(14)3/h7-9,11,13H,4-6H2,1-3H3,(H,18,21)/t11-,13+/m0/s1. The molecule has 2 atom stereocenters. The van der Waals surface area contributed by atoms with Crippen LogP contribution in [0.15, 0.2) is 18.5 Å². The molecule has 1 aliphatic carbocycles. The molecule has 21 heavy (non-hydrogen) atoms. The summed E-state index contributed by atoms with van der Waals surface area (Å²) in [5.74, 6) is 0.00324. The fourth-order valence-electron chi connectivity index (χ4n) is 3.05. The average molecular weight is 287 g/mol. The fraction of sp³-hybridized carbons (Fsp3) is 0.533. The Kier molecular flexibility index (Phi) is 3.53. The first kappa shape index (κ1) is 13.9. The van der Waals surface area contributed by atoms with Crippen LogP contribution in [0.2, 0.25) is 0 Å². The highest BCUT2D eigenvalue weighted by molar-refractivity contribution is 5.80. The van der Waals surface area contributed by atoms with Crippen molar-refractivity contribution in [3.63, 3.8) is 0 Å². The summed E-state index contributed by atoms with van der Waals surface area (Å²) >= 11 is 0. The smallest absolute Gasteiger partial charge is 0.245 e. The lowest BCUT2D eigenvalue weighted by Crippen LogP contribution is -2.36. The quantitative estimate of drug-likeness (QED) is 0.934. The Morgan fingerprint density at radius 1 is 1.48 bits per heavy atom. The first-order chi connectivity index (χ1) is 10.1. The molecule has 1 aliphatic rings. The van der Waals surface area contributed by atoms with Crippen molar-refractivity contribution >= 4 is 5.91 Å². The Balaban J connectivity index is 1.75. The number of nitrogens with one attached hydrogen (secondary N) is 1. The molecular weight excluding hydrogens is 266 g/mol. The Morgan fingerprint density at radius 2 is 2.29 bits per heavy atom. The Hall–Kier alpha value is -2.11. The van der Waals surface area contributed by atoms with Gasteiger partial charge in [0, 0.05) is 30.2 Å². The molecule has 1 amide bonds. The molecule has 0 unspecified atom stereocenters. The molecule has 0 aliphatic heterocycles. The second-order valence-electron chi connectivity index (χ2n) is 5.72. The molecule has 0 spiro atoms.